The van der Waals surface area contributed by atoms with Crippen LogP contribution >= 0.6 is 23.5 Å². The maximum absolute atomic E-state index is 13.4. The molecule has 0 atom stereocenters. The molecule has 2 aromatic rings. The predicted molar refractivity (Wildman–Crippen MR) is 133 cm³/mol. The van der Waals surface area contributed by atoms with E-state index < -0.39 is 0 Å². The molecular formula is C24H27N3O3S2. The molecule has 1 saturated heterocycles. The summed E-state index contributed by atoms with van der Waals surface area (Å²) in [6, 6.07) is 13.6. The van der Waals surface area contributed by atoms with E-state index >= 15 is 0 Å². The Hall–Kier alpha value is -2.58. The van der Waals surface area contributed by atoms with Crippen molar-refractivity contribution in [1.82, 2.24) is 4.90 Å². The number of amides is 1. The van der Waals surface area contributed by atoms with E-state index in [1.54, 1.807) is 18.9 Å². The average Bonchev–Trinajstić information content (AvgIpc) is 3.29. The second-order valence-electron chi connectivity index (χ2n) is 7.36. The Morgan fingerprint density at radius 2 is 1.78 bits per heavy atom. The smallest absolute Gasteiger partial charge is 0.269 e. The average molecular weight is 470 g/mol. The van der Waals surface area contributed by atoms with Gasteiger partial charge in [0.25, 0.3) is 5.91 Å². The summed E-state index contributed by atoms with van der Waals surface area (Å²) in [6.45, 7) is 5.37. The Morgan fingerprint density at radius 3 is 2.47 bits per heavy atom. The number of hydrogen-bond acceptors (Lipinski definition) is 7. The van der Waals surface area contributed by atoms with Crippen LogP contribution in [0.25, 0.3) is 0 Å². The van der Waals surface area contributed by atoms with Gasteiger partial charge in [-0.3, -0.25) is 9.69 Å². The van der Waals surface area contributed by atoms with Gasteiger partial charge in [0.05, 0.1) is 30.1 Å². The molecule has 0 spiro atoms. The van der Waals surface area contributed by atoms with Gasteiger partial charge in [-0.25, -0.2) is 4.99 Å². The van der Waals surface area contributed by atoms with Crippen molar-refractivity contribution in [2.75, 3.05) is 32.2 Å². The molecule has 0 aliphatic carbocycles. The van der Waals surface area contributed by atoms with E-state index in [2.05, 4.69) is 11.8 Å². The van der Waals surface area contributed by atoms with Crippen LogP contribution in [0.5, 0.6) is 11.5 Å². The first kappa shape index (κ1) is 22.6. The van der Waals surface area contributed by atoms with Crippen LogP contribution in [0.3, 0.4) is 0 Å². The molecule has 0 bridgehead atoms. The molecule has 6 nitrogen and oxygen atoms in total. The van der Waals surface area contributed by atoms with Gasteiger partial charge in [-0.1, -0.05) is 25.1 Å². The molecule has 2 aliphatic heterocycles. The number of methoxy groups -OCH3 is 1. The summed E-state index contributed by atoms with van der Waals surface area (Å²) in [6.07, 6.45) is 1.94. The number of fused-ring (bicyclic) bond motifs is 1. The fourth-order valence-electron chi connectivity index (χ4n) is 3.48. The zero-order valence-electron chi connectivity index (χ0n) is 18.8. The largest absolute Gasteiger partial charge is 0.497 e. The van der Waals surface area contributed by atoms with Gasteiger partial charge in [0.1, 0.15) is 16.4 Å². The number of rotatable bonds is 7. The fraction of sp³-hybridized carbons (Fsp3) is 0.333. The topological polar surface area (TPSA) is 54.4 Å². The monoisotopic (exact) mass is 469 g/mol. The molecule has 1 fully saturated rings. The maximum Gasteiger partial charge on any atom is 0.269 e. The number of benzene rings is 2. The number of anilines is 1. The van der Waals surface area contributed by atoms with Crippen LogP contribution in [0.4, 0.5) is 11.4 Å². The number of hydrogen-bond donors (Lipinski definition) is 0. The standard InChI is InChI=1S/C24H27N3O3S2/c1-5-7-14-27-22(28)21(23-26(3)19-15-18(29-4)12-13-20(19)31-23)32-24(27)25-16-8-10-17(11-9-16)30-6-2/h8-13,15H,5-7,14H2,1-4H3/b23-21-,25-24?. The molecule has 0 saturated carbocycles. The van der Waals surface area contributed by atoms with Crippen molar-refractivity contribution < 1.29 is 14.3 Å². The molecule has 1 amide bonds. The second kappa shape index (κ2) is 9.92. The minimum absolute atomic E-state index is 0.0160. The van der Waals surface area contributed by atoms with Gasteiger partial charge in [-0.2, -0.15) is 0 Å². The molecule has 0 aromatic heterocycles. The van der Waals surface area contributed by atoms with E-state index in [1.807, 2.05) is 61.3 Å². The summed E-state index contributed by atoms with van der Waals surface area (Å²) in [5.41, 5.74) is 1.85. The summed E-state index contributed by atoms with van der Waals surface area (Å²) in [7, 11) is 3.65. The summed E-state index contributed by atoms with van der Waals surface area (Å²) in [5.74, 6) is 1.63. The van der Waals surface area contributed by atoms with Crippen molar-refractivity contribution in [3.05, 3.63) is 52.4 Å². The van der Waals surface area contributed by atoms with Gasteiger partial charge < -0.3 is 14.4 Å². The summed E-state index contributed by atoms with van der Waals surface area (Å²) in [5, 5.41) is 1.65. The van der Waals surface area contributed by atoms with E-state index in [4.69, 9.17) is 14.5 Å². The highest BCUT2D eigenvalue weighted by Gasteiger charge is 2.39. The minimum atomic E-state index is 0.0160. The quantitative estimate of drug-likeness (QED) is 0.473. The van der Waals surface area contributed by atoms with Crippen LogP contribution in [-0.4, -0.2) is 43.3 Å². The zero-order valence-corrected chi connectivity index (χ0v) is 20.4. The molecular weight excluding hydrogens is 442 g/mol. The Bertz CT molecular complexity index is 1070. The number of nitrogens with zero attached hydrogens (tertiary/aromatic N) is 3. The number of ether oxygens (including phenoxy) is 2. The molecule has 0 radical (unpaired) electrons. The lowest BCUT2D eigenvalue weighted by molar-refractivity contribution is -0.122. The summed E-state index contributed by atoms with van der Waals surface area (Å²) < 4.78 is 10.9. The van der Waals surface area contributed by atoms with E-state index in [0.29, 0.717) is 18.1 Å². The van der Waals surface area contributed by atoms with Crippen LogP contribution in [0, 0.1) is 0 Å². The second-order valence-corrected chi connectivity index (χ2v) is 9.37. The first-order chi connectivity index (χ1) is 15.5. The number of amidine groups is 1. The highest BCUT2D eigenvalue weighted by Crippen LogP contribution is 2.51. The number of thioether (sulfide) groups is 2. The molecule has 4 rings (SSSR count). The third kappa shape index (κ3) is 4.47. The van der Waals surface area contributed by atoms with Crippen LogP contribution in [0.2, 0.25) is 0 Å². The van der Waals surface area contributed by atoms with Gasteiger partial charge in [0, 0.05) is 24.6 Å². The number of carbonyl (C=O) groups excluding carboxylic acids is 1. The fourth-order valence-corrected chi connectivity index (χ4v) is 5.83. The molecule has 2 aromatic carbocycles. The molecule has 8 heteroatoms. The Labute approximate surface area is 197 Å². The van der Waals surface area contributed by atoms with Crippen LogP contribution in [0.15, 0.2) is 62.3 Å². The highest BCUT2D eigenvalue weighted by molar-refractivity contribution is 8.19. The molecule has 0 N–H and O–H groups in total. The van der Waals surface area contributed by atoms with E-state index in [0.717, 1.165) is 50.8 Å². The highest BCUT2D eigenvalue weighted by atomic mass is 32.2. The normalized spacial score (nSPS) is 19.1. The molecule has 32 heavy (non-hydrogen) atoms. The number of unbranched alkanes of at least 4 members (excludes halogenated alkanes) is 1. The molecule has 0 unspecified atom stereocenters. The van der Waals surface area contributed by atoms with E-state index in [1.165, 1.54) is 11.8 Å². The van der Waals surface area contributed by atoms with Crippen molar-refractivity contribution >= 4 is 46.0 Å². The zero-order chi connectivity index (χ0) is 22.7. The maximum atomic E-state index is 13.4. The minimum Gasteiger partial charge on any atom is -0.497 e. The Balaban J connectivity index is 1.67. The predicted octanol–water partition coefficient (Wildman–Crippen LogP) is 5.87. The van der Waals surface area contributed by atoms with Crippen molar-refractivity contribution in [2.45, 2.75) is 31.6 Å². The number of carbonyl (C=O) groups is 1. The third-order valence-electron chi connectivity index (χ3n) is 5.20. The molecule has 2 heterocycles. The van der Waals surface area contributed by atoms with Crippen LogP contribution in [0.1, 0.15) is 26.7 Å². The summed E-state index contributed by atoms with van der Waals surface area (Å²) in [4.78, 5) is 24.0. The lowest BCUT2D eigenvalue weighted by Gasteiger charge is -2.16. The lowest BCUT2D eigenvalue weighted by atomic mass is 10.3. The van der Waals surface area contributed by atoms with Crippen LogP contribution < -0.4 is 14.4 Å². The van der Waals surface area contributed by atoms with Crippen molar-refractivity contribution in [2.24, 2.45) is 4.99 Å². The van der Waals surface area contributed by atoms with E-state index in [9.17, 15) is 4.79 Å². The third-order valence-corrected chi connectivity index (χ3v) is 7.64. The van der Waals surface area contributed by atoms with Gasteiger partial charge in [-0.05, 0) is 61.5 Å². The van der Waals surface area contributed by atoms with Gasteiger partial charge >= 0.3 is 0 Å². The summed E-state index contributed by atoms with van der Waals surface area (Å²) >= 11 is 3.07. The SMILES string of the molecule is CCCCN1C(=O)/C(=C2/Sc3ccc(OC)cc3N2C)SC1=Nc1ccc(OCC)cc1. The van der Waals surface area contributed by atoms with Crippen molar-refractivity contribution in [3.8, 4) is 11.5 Å². The first-order valence-electron chi connectivity index (χ1n) is 10.7. The molecule has 168 valence electrons. The van der Waals surface area contributed by atoms with Gasteiger partial charge in [-0.15, -0.1) is 0 Å². The first-order valence-corrected chi connectivity index (χ1v) is 12.3. The van der Waals surface area contributed by atoms with Crippen molar-refractivity contribution in [3.63, 3.8) is 0 Å². The van der Waals surface area contributed by atoms with Crippen molar-refractivity contribution in [1.29, 1.82) is 0 Å². The van der Waals surface area contributed by atoms with Gasteiger partial charge in [0.2, 0.25) is 0 Å². The van der Waals surface area contributed by atoms with Gasteiger partial charge in [0.15, 0.2) is 5.17 Å². The Kier molecular flexibility index (Phi) is 7.01. The number of aliphatic imine (C=N–C) groups is 1. The van der Waals surface area contributed by atoms with E-state index in [-0.39, 0.29) is 5.91 Å². The molecule has 2 aliphatic rings. The van der Waals surface area contributed by atoms with Crippen LogP contribution in [-0.2, 0) is 4.79 Å². The lowest BCUT2D eigenvalue weighted by Crippen LogP contribution is -2.30. The Morgan fingerprint density at radius 1 is 1.03 bits per heavy atom.